The lowest BCUT2D eigenvalue weighted by molar-refractivity contribution is -0.132. The number of Topliss-reactive ketones (excluding diaryl/α,β-unsaturated/α-hetero) is 1. The van der Waals surface area contributed by atoms with E-state index in [0.717, 1.165) is 23.1 Å². The van der Waals surface area contributed by atoms with Crippen LogP contribution in [0.15, 0.2) is 66.2 Å². The highest BCUT2D eigenvalue weighted by Crippen LogP contribution is 2.43. The van der Waals surface area contributed by atoms with Crippen LogP contribution in [-0.2, 0) is 14.4 Å². The van der Waals surface area contributed by atoms with Gasteiger partial charge in [0.2, 0.25) is 0 Å². The summed E-state index contributed by atoms with van der Waals surface area (Å²) in [5, 5.41) is 11.4. The SMILES string of the molecule is CCCOc1ccc(/C(O)=C2/C(=O)C(=O)N(c3cc(C)cc(C)c3)C2c2ccc(OC(C)=O)cc2)cc1C. The van der Waals surface area contributed by atoms with E-state index in [0.29, 0.717) is 34.9 Å². The van der Waals surface area contributed by atoms with E-state index >= 15 is 0 Å². The lowest BCUT2D eigenvalue weighted by Gasteiger charge is -2.26. The molecule has 3 aromatic rings. The molecule has 1 fully saturated rings. The number of amides is 1. The Bertz CT molecular complexity index is 1420. The lowest BCUT2D eigenvalue weighted by atomic mass is 9.94. The third-order valence-electron chi connectivity index (χ3n) is 6.30. The first-order chi connectivity index (χ1) is 18.1. The van der Waals surface area contributed by atoms with E-state index in [-0.39, 0.29) is 11.3 Å². The standard InChI is InChI=1S/C31H31NO6/c1-6-13-37-26-12-9-23(17-20(26)4)29(34)27-28(22-7-10-25(11-8-22)38-21(5)33)32(31(36)30(27)35)24-15-18(2)14-19(3)16-24/h7-12,14-17,28,34H,6,13H2,1-5H3/b29-27-. The minimum Gasteiger partial charge on any atom is -0.507 e. The molecule has 196 valence electrons. The number of esters is 1. The Morgan fingerprint density at radius 3 is 2.18 bits per heavy atom. The van der Waals surface area contributed by atoms with E-state index in [1.165, 1.54) is 11.8 Å². The van der Waals surface area contributed by atoms with Gasteiger partial charge in [-0.2, -0.15) is 0 Å². The third kappa shape index (κ3) is 5.32. The topological polar surface area (TPSA) is 93.1 Å². The van der Waals surface area contributed by atoms with Gasteiger partial charge in [-0.05, 0) is 91.9 Å². The molecule has 3 aromatic carbocycles. The summed E-state index contributed by atoms with van der Waals surface area (Å²) in [5.74, 6) is -1.21. The van der Waals surface area contributed by atoms with Crippen molar-refractivity contribution in [2.75, 3.05) is 11.5 Å². The number of aryl methyl sites for hydroxylation is 3. The van der Waals surface area contributed by atoms with E-state index in [1.807, 2.05) is 45.9 Å². The number of nitrogens with zero attached hydrogens (tertiary/aromatic N) is 1. The molecule has 1 unspecified atom stereocenters. The summed E-state index contributed by atoms with van der Waals surface area (Å²) in [7, 11) is 0. The van der Waals surface area contributed by atoms with Gasteiger partial charge >= 0.3 is 5.97 Å². The Morgan fingerprint density at radius 2 is 1.61 bits per heavy atom. The molecule has 7 nitrogen and oxygen atoms in total. The third-order valence-corrected chi connectivity index (χ3v) is 6.30. The summed E-state index contributed by atoms with van der Waals surface area (Å²) in [4.78, 5) is 39.7. The summed E-state index contributed by atoms with van der Waals surface area (Å²) in [5.41, 5.74) is 4.20. The number of benzene rings is 3. The van der Waals surface area contributed by atoms with Gasteiger partial charge in [0.05, 0.1) is 18.2 Å². The average Bonchev–Trinajstić information content (AvgIpc) is 3.12. The molecule has 1 amide bonds. The number of ether oxygens (including phenoxy) is 2. The molecule has 0 bridgehead atoms. The molecule has 0 radical (unpaired) electrons. The van der Waals surface area contributed by atoms with E-state index in [2.05, 4.69) is 0 Å². The van der Waals surface area contributed by atoms with Crippen molar-refractivity contribution in [3.8, 4) is 11.5 Å². The Hall–Kier alpha value is -4.39. The second-order valence-electron chi connectivity index (χ2n) is 9.51. The average molecular weight is 514 g/mol. The summed E-state index contributed by atoms with van der Waals surface area (Å²) in [6.45, 7) is 9.59. The molecule has 0 aromatic heterocycles. The van der Waals surface area contributed by atoms with Crippen molar-refractivity contribution in [2.24, 2.45) is 0 Å². The van der Waals surface area contributed by atoms with Crippen LogP contribution in [0.25, 0.3) is 5.76 Å². The Kier molecular flexibility index (Phi) is 7.67. The van der Waals surface area contributed by atoms with Gasteiger partial charge in [-0.1, -0.05) is 25.1 Å². The fourth-order valence-electron chi connectivity index (χ4n) is 4.71. The molecule has 7 heteroatoms. The number of carbonyl (C=O) groups excluding carboxylic acids is 3. The smallest absolute Gasteiger partial charge is 0.308 e. The number of anilines is 1. The second kappa shape index (κ2) is 10.9. The van der Waals surface area contributed by atoms with Crippen LogP contribution in [0.3, 0.4) is 0 Å². The van der Waals surface area contributed by atoms with Crippen molar-refractivity contribution in [3.63, 3.8) is 0 Å². The van der Waals surface area contributed by atoms with E-state index in [9.17, 15) is 19.5 Å². The Balaban J connectivity index is 1.88. The number of aliphatic hydroxyl groups excluding tert-OH is 1. The van der Waals surface area contributed by atoms with E-state index in [4.69, 9.17) is 9.47 Å². The fourth-order valence-corrected chi connectivity index (χ4v) is 4.71. The van der Waals surface area contributed by atoms with E-state index in [1.54, 1.807) is 42.5 Å². The van der Waals surface area contributed by atoms with Gasteiger partial charge in [0.15, 0.2) is 0 Å². The van der Waals surface area contributed by atoms with Gasteiger partial charge < -0.3 is 14.6 Å². The highest BCUT2D eigenvalue weighted by molar-refractivity contribution is 6.51. The summed E-state index contributed by atoms with van der Waals surface area (Å²) in [6, 6.07) is 16.5. The van der Waals surface area contributed by atoms with Gasteiger partial charge in [-0.15, -0.1) is 0 Å². The van der Waals surface area contributed by atoms with Crippen LogP contribution in [0.2, 0.25) is 0 Å². The molecular weight excluding hydrogens is 482 g/mol. The van der Waals surface area contributed by atoms with Crippen molar-refractivity contribution in [1.29, 1.82) is 0 Å². The predicted octanol–water partition coefficient (Wildman–Crippen LogP) is 5.95. The molecular formula is C31H31NO6. The van der Waals surface area contributed by atoms with Crippen LogP contribution in [0.5, 0.6) is 11.5 Å². The normalized spacial score (nSPS) is 16.6. The van der Waals surface area contributed by atoms with Crippen LogP contribution in [0.1, 0.15) is 54.1 Å². The fraction of sp³-hybridized carbons (Fsp3) is 0.258. The van der Waals surface area contributed by atoms with Crippen molar-refractivity contribution in [2.45, 2.75) is 47.1 Å². The zero-order valence-corrected chi connectivity index (χ0v) is 22.2. The first kappa shape index (κ1) is 26.7. The summed E-state index contributed by atoms with van der Waals surface area (Å²) >= 11 is 0. The molecule has 1 aliphatic rings. The quantitative estimate of drug-likeness (QED) is 0.138. The zero-order chi connectivity index (χ0) is 27.6. The van der Waals surface area contributed by atoms with Crippen LogP contribution in [0.4, 0.5) is 5.69 Å². The molecule has 4 rings (SSSR count). The van der Waals surface area contributed by atoms with Crippen LogP contribution >= 0.6 is 0 Å². The number of hydrogen-bond donors (Lipinski definition) is 1. The minimum atomic E-state index is -0.890. The Labute approximate surface area is 222 Å². The van der Waals surface area contributed by atoms with Gasteiger partial charge in [-0.25, -0.2) is 0 Å². The summed E-state index contributed by atoms with van der Waals surface area (Å²) in [6.07, 6.45) is 0.860. The lowest BCUT2D eigenvalue weighted by Crippen LogP contribution is -2.29. The first-order valence-corrected chi connectivity index (χ1v) is 12.5. The van der Waals surface area contributed by atoms with Crippen molar-refractivity contribution in [3.05, 3.63) is 94.1 Å². The largest absolute Gasteiger partial charge is 0.507 e. The van der Waals surface area contributed by atoms with Crippen molar-refractivity contribution >= 4 is 29.1 Å². The molecule has 0 aliphatic carbocycles. The number of hydrogen-bond acceptors (Lipinski definition) is 6. The maximum atomic E-state index is 13.5. The van der Waals surface area contributed by atoms with Crippen molar-refractivity contribution in [1.82, 2.24) is 0 Å². The van der Waals surface area contributed by atoms with Crippen LogP contribution in [0, 0.1) is 20.8 Å². The highest BCUT2D eigenvalue weighted by Gasteiger charge is 2.47. The Morgan fingerprint density at radius 1 is 0.947 bits per heavy atom. The predicted molar refractivity (Wildman–Crippen MR) is 145 cm³/mol. The van der Waals surface area contributed by atoms with Crippen LogP contribution < -0.4 is 14.4 Å². The molecule has 1 aliphatic heterocycles. The zero-order valence-electron chi connectivity index (χ0n) is 22.2. The number of rotatable bonds is 7. The molecule has 38 heavy (non-hydrogen) atoms. The monoisotopic (exact) mass is 513 g/mol. The maximum absolute atomic E-state index is 13.5. The number of carbonyl (C=O) groups is 3. The highest BCUT2D eigenvalue weighted by atomic mass is 16.5. The molecule has 0 spiro atoms. The molecule has 1 atom stereocenters. The van der Waals surface area contributed by atoms with Crippen molar-refractivity contribution < 1.29 is 29.0 Å². The van der Waals surface area contributed by atoms with Gasteiger partial charge in [0.1, 0.15) is 17.3 Å². The molecule has 1 N–H and O–H groups in total. The first-order valence-electron chi connectivity index (χ1n) is 12.5. The second-order valence-corrected chi connectivity index (χ2v) is 9.51. The number of ketones is 1. The molecule has 1 heterocycles. The van der Waals surface area contributed by atoms with Gasteiger partial charge in [-0.3, -0.25) is 19.3 Å². The van der Waals surface area contributed by atoms with E-state index < -0.39 is 23.7 Å². The molecule has 0 saturated carbocycles. The van der Waals surface area contributed by atoms with Crippen LogP contribution in [-0.4, -0.2) is 29.4 Å². The summed E-state index contributed by atoms with van der Waals surface area (Å²) < 4.78 is 10.9. The molecule has 1 saturated heterocycles. The van der Waals surface area contributed by atoms with Gasteiger partial charge in [0.25, 0.3) is 11.7 Å². The number of aliphatic hydroxyl groups is 1. The van der Waals surface area contributed by atoms with Gasteiger partial charge in [0, 0.05) is 18.2 Å². The minimum absolute atomic E-state index is 0.0176. The maximum Gasteiger partial charge on any atom is 0.308 e.